The molecular weight excluding hydrogens is 391 g/mol. The van der Waals surface area contributed by atoms with Gasteiger partial charge in [-0.2, -0.15) is 0 Å². The molecule has 1 amide bonds. The van der Waals surface area contributed by atoms with E-state index in [-0.39, 0.29) is 17.6 Å². The Balaban J connectivity index is 1.47. The lowest BCUT2D eigenvalue weighted by Crippen LogP contribution is -2.45. The summed E-state index contributed by atoms with van der Waals surface area (Å²) in [6, 6.07) is 18.1. The molecule has 3 aromatic rings. The number of aryl methyl sites for hydroxylation is 1. The lowest BCUT2D eigenvalue weighted by Gasteiger charge is -2.35. The average Bonchev–Trinajstić information content (AvgIpc) is 2.80. The second kappa shape index (κ2) is 9.25. The first kappa shape index (κ1) is 21.0. The molecule has 1 unspecified atom stereocenters. The third kappa shape index (κ3) is 4.74. The number of carbonyl (C=O) groups excluding carboxylic acids is 1. The minimum absolute atomic E-state index is 0.0761. The number of nitrogens with zero attached hydrogens (tertiary/aromatic N) is 4. The van der Waals surface area contributed by atoms with E-state index in [1.807, 2.05) is 49.1 Å². The van der Waals surface area contributed by atoms with E-state index in [0.717, 1.165) is 42.0 Å². The van der Waals surface area contributed by atoms with Crippen molar-refractivity contribution in [3.05, 3.63) is 72.0 Å². The molecule has 5 nitrogen and oxygen atoms in total. The van der Waals surface area contributed by atoms with Crippen molar-refractivity contribution in [3.8, 4) is 11.3 Å². The number of aromatic nitrogens is 2. The molecule has 1 fully saturated rings. The summed E-state index contributed by atoms with van der Waals surface area (Å²) in [4.78, 5) is 17.3. The van der Waals surface area contributed by atoms with Crippen molar-refractivity contribution in [3.63, 3.8) is 0 Å². The predicted octanol–water partition coefficient (Wildman–Crippen LogP) is 4.86. The van der Waals surface area contributed by atoms with Crippen molar-refractivity contribution in [1.82, 2.24) is 10.2 Å². The third-order valence-electron chi connectivity index (χ3n) is 5.78. The summed E-state index contributed by atoms with van der Waals surface area (Å²) in [6.07, 6.45) is 1.81. The van der Waals surface area contributed by atoms with Gasteiger partial charge in [-0.15, -0.1) is 10.2 Å². The van der Waals surface area contributed by atoms with Crippen LogP contribution in [0, 0.1) is 18.7 Å². The second-order valence-electron chi connectivity index (χ2n) is 7.99. The standard InChI is InChI=1S/C25H27FN4O/c1-3-30(22-8-4-6-18(2)16-22)25(31)20-7-5-15-29(17-20)24-14-13-23(27-28-24)19-9-11-21(26)12-10-19/h4,6,8-14,16,20H,3,5,7,15,17H2,1-2H3. The SMILES string of the molecule is CCN(C(=O)C1CCCN(c2ccc(-c3ccc(F)cc3)nn2)C1)c1cccc(C)c1. The molecule has 0 bridgehead atoms. The van der Waals surface area contributed by atoms with E-state index in [2.05, 4.69) is 21.2 Å². The van der Waals surface area contributed by atoms with Gasteiger partial charge in [-0.1, -0.05) is 12.1 Å². The monoisotopic (exact) mass is 418 g/mol. The Morgan fingerprint density at radius 1 is 1.13 bits per heavy atom. The van der Waals surface area contributed by atoms with Crippen molar-refractivity contribution in [2.45, 2.75) is 26.7 Å². The van der Waals surface area contributed by atoms with Gasteiger partial charge in [0.1, 0.15) is 5.82 Å². The number of benzene rings is 2. The van der Waals surface area contributed by atoms with Crippen LogP contribution in [0.3, 0.4) is 0 Å². The van der Waals surface area contributed by atoms with Crippen LogP contribution in [0.2, 0.25) is 0 Å². The fraction of sp³-hybridized carbons (Fsp3) is 0.320. The first-order valence-electron chi connectivity index (χ1n) is 10.8. The van der Waals surface area contributed by atoms with Gasteiger partial charge in [0, 0.05) is 30.9 Å². The first-order valence-corrected chi connectivity index (χ1v) is 10.8. The number of amides is 1. The van der Waals surface area contributed by atoms with Crippen LogP contribution in [0.5, 0.6) is 0 Å². The maximum Gasteiger partial charge on any atom is 0.231 e. The fourth-order valence-corrected chi connectivity index (χ4v) is 4.14. The maximum atomic E-state index is 13.3. The van der Waals surface area contributed by atoms with Gasteiger partial charge in [-0.05, 0) is 80.8 Å². The normalized spacial score (nSPS) is 16.2. The van der Waals surface area contributed by atoms with Crippen molar-refractivity contribution < 1.29 is 9.18 Å². The molecule has 0 aliphatic carbocycles. The number of anilines is 2. The predicted molar refractivity (Wildman–Crippen MR) is 122 cm³/mol. The van der Waals surface area contributed by atoms with Gasteiger partial charge < -0.3 is 9.80 Å². The number of hydrogen-bond acceptors (Lipinski definition) is 4. The molecule has 0 N–H and O–H groups in total. The Labute approximate surface area is 182 Å². The van der Waals surface area contributed by atoms with Gasteiger partial charge in [-0.25, -0.2) is 4.39 Å². The number of rotatable bonds is 5. The highest BCUT2D eigenvalue weighted by atomic mass is 19.1. The molecule has 1 aliphatic rings. The second-order valence-corrected chi connectivity index (χ2v) is 7.99. The minimum Gasteiger partial charge on any atom is -0.354 e. The molecule has 1 saturated heterocycles. The highest BCUT2D eigenvalue weighted by Crippen LogP contribution is 2.26. The third-order valence-corrected chi connectivity index (χ3v) is 5.78. The van der Waals surface area contributed by atoms with Gasteiger partial charge in [0.05, 0.1) is 11.6 Å². The van der Waals surface area contributed by atoms with E-state index in [1.54, 1.807) is 12.1 Å². The summed E-state index contributed by atoms with van der Waals surface area (Å²) in [5.74, 6) is 0.576. The quantitative estimate of drug-likeness (QED) is 0.594. The number of halogens is 1. The molecule has 0 radical (unpaired) electrons. The zero-order valence-corrected chi connectivity index (χ0v) is 18.0. The van der Waals surface area contributed by atoms with Crippen molar-refractivity contribution in [2.75, 3.05) is 29.4 Å². The van der Waals surface area contributed by atoms with Crippen LogP contribution in [0.1, 0.15) is 25.3 Å². The van der Waals surface area contributed by atoms with Crippen LogP contribution < -0.4 is 9.80 Å². The van der Waals surface area contributed by atoms with Crippen LogP contribution in [0.25, 0.3) is 11.3 Å². The lowest BCUT2D eigenvalue weighted by atomic mass is 9.96. The molecular formula is C25H27FN4O. The summed E-state index contributed by atoms with van der Waals surface area (Å²) in [5, 5.41) is 8.71. The van der Waals surface area contributed by atoms with Crippen LogP contribution in [0.15, 0.2) is 60.7 Å². The Morgan fingerprint density at radius 2 is 1.94 bits per heavy atom. The van der Waals surface area contributed by atoms with Gasteiger partial charge in [0.15, 0.2) is 5.82 Å². The minimum atomic E-state index is -0.274. The lowest BCUT2D eigenvalue weighted by molar-refractivity contribution is -0.122. The van der Waals surface area contributed by atoms with E-state index in [9.17, 15) is 9.18 Å². The topological polar surface area (TPSA) is 49.3 Å². The van der Waals surface area contributed by atoms with Crippen LogP contribution >= 0.6 is 0 Å². The van der Waals surface area contributed by atoms with Gasteiger partial charge in [0.2, 0.25) is 5.91 Å². The molecule has 6 heteroatoms. The molecule has 2 heterocycles. The summed E-state index contributed by atoms with van der Waals surface area (Å²) in [7, 11) is 0. The molecule has 0 saturated carbocycles. The summed E-state index contributed by atoms with van der Waals surface area (Å²) in [5.41, 5.74) is 3.62. The summed E-state index contributed by atoms with van der Waals surface area (Å²) >= 11 is 0. The van der Waals surface area contributed by atoms with Crippen LogP contribution in [-0.4, -0.2) is 35.7 Å². The van der Waals surface area contributed by atoms with Gasteiger partial charge >= 0.3 is 0 Å². The highest BCUT2D eigenvalue weighted by Gasteiger charge is 2.30. The zero-order chi connectivity index (χ0) is 21.8. The Morgan fingerprint density at radius 3 is 2.61 bits per heavy atom. The molecule has 2 aromatic carbocycles. The maximum absolute atomic E-state index is 13.3. The van der Waals surface area contributed by atoms with Crippen molar-refractivity contribution in [2.24, 2.45) is 5.92 Å². The highest BCUT2D eigenvalue weighted by molar-refractivity contribution is 5.95. The Kier molecular flexibility index (Phi) is 6.26. The fourth-order valence-electron chi connectivity index (χ4n) is 4.14. The van der Waals surface area contributed by atoms with Gasteiger partial charge in [0.25, 0.3) is 0 Å². The van der Waals surface area contributed by atoms with Gasteiger partial charge in [-0.3, -0.25) is 4.79 Å². The number of carbonyl (C=O) groups is 1. The molecule has 4 rings (SSSR count). The van der Waals surface area contributed by atoms with Crippen LogP contribution in [0.4, 0.5) is 15.9 Å². The number of piperidine rings is 1. The molecule has 1 aromatic heterocycles. The summed E-state index contributed by atoms with van der Waals surface area (Å²) < 4.78 is 13.1. The van der Waals surface area contributed by atoms with E-state index in [0.29, 0.717) is 18.8 Å². The van der Waals surface area contributed by atoms with E-state index >= 15 is 0 Å². The molecule has 0 spiro atoms. The summed E-state index contributed by atoms with van der Waals surface area (Å²) in [6.45, 7) is 6.18. The van der Waals surface area contributed by atoms with E-state index < -0.39 is 0 Å². The Bertz CT molecular complexity index is 1040. The number of hydrogen-bond donors (Lipinski definition) is 0. The zero-order valence-electron chi connectivity index (χ0n) is 18.0. The smallest absolute Gasteiger partial charge is 0.231 e. The van der Waals surface area contributed by atoms with Crippen molar-refractivity contribution in [1.29, 1.82) is 0 Å². The van der Waals surface area contributed by atoms with Crippen molar-refractivity contribution >= 4 is 17.4 Å². The largest absolute Gasteiger partial charge is 0.354 e. The van der Waals surface area contributed by atoms with E-state index in [4.69, 9.17) is 0 Å². The molecule has 160 valence electrons. The Hall–Kier alpha value is -3.28. The molecule has 1 atom stereocenters. The van der Waals surface area contributed by atoms with Crippen LogP contribution in [-0.2, 0) is 4.79 Å². The molecule has 1 aliphatic heterocycles. The first-order chi connectivity index (χ1) is 15.0. The van der Waals surface area contributed by atoms with E-state index in [1.165, 1.54) is 12.1 Å². The molecule has 31 heavy (non-hydrogen) atoms. The average molecular weight is 419 g/mol.